The summed E-state index contributed by atoms with van der Waals surface area (Å²) in [6.07, 6.45) is 0. The van der Waals surface area contributed by atoms with E-state index in [2.05, 4.69) is 10.2 Å². The summed E-state index contributed by atoms with van der Waals surface area (Å²) in [5, 5.41) is 19.9. The van der Waals surface area contributed by atoms with Crippen molar-refractivity contribution in [2.75, 3.05) is 13.7 Å². The quantitative estimate of drug-likeness (QED) is 0.165. The van der Waals surface area contributed by atoms with E-state index >= 15 is 0 Å². The van der Waals surface area contributed by atoms with E-state index in [1.807, 2.05) is 41.8 Å². The number of nitrogens with zero attached hydrogens (tertiary/aromatic N) is 4. The van der Waals surface area contributed by atoms with Crippen molar-refractivity contribution >= 4 is 11.8 Å². The molecule has 1 atom stereocenters. The molecule has 0 aliphatic carbocycles. The third-order valence-corrected chi connectivity index (χ3v) is 6.40. The van der Waals surface area contributed by atoms with Gasteiger partial charge in [0.25, 0.3) is 0 Å². The van der Waals surface area contributed by atoms with Crippen LogP contribution in [0.2, 0.25) is 0 Å². The number of para-hydroxylation sites is 1. The van der Waals surface area contributed by atoms with Gasteiger partial charge in [0.05, 0.1) is 7.11 Å². The van der Waals surface area contributed by atoms with E-state index in [0.717, 1.165) is 5.69 Å². The number of thioether (sulfide) groups is 1. The number of ether oxygens (including phenoxy) is 2. The second-order valence-electron chi connectivity index (χ2n) is 7.65. The van der Waals surface area contributed by atoms with Gasteiger partial charge in [-0.2, -0.15) is 0 Å². The van der Waals surface area contributed by atoms with Crippen molar-refractivity contribution in [3.8, 4) is 17.2 Å². The van der Waals surface area contributed by atoms with Gasteiger partial charge in [-0.3, -0.25) is 14.7 Å². The molecule has 0 fully saturated rings. The van der Waals surface area contributed by atoms with E-state index in [9.17, 15) is 14.5 Å². The Hall–Kier alpha value is -3.92. The van der Waals surface area contributed by atoms with Crippen molar-refractivity contribution in [1.29, 1.82) is 0 Å². The Labute approximate surface area is 205 Å². The first-order valence-electron chi connectivity index (χ1n) is 10.8. The maximum atomic E-state index is 13.5. The first-order valence-corrected chi connectivity index (χ1v) is 11.6. The predicted octanol–water partition coefficient (Wildman–Crippen LogP) is 5.41. The van der Waals surface area contributed by atoms with Crippen LogP contribution in [0.5, 0.6) is 11.5 Å². The maximum absolute atomic E-state index is 13.5. The highest BCUT2D eigenvalue weighted by atomic mass is 32.2. The summed E-state index contributed by atoms with van der Waals surface area (Å²) in [6.45, 7) is 1.67. The highest BCUT2D eigenvalue weighted by Crippen LogP contribution is 2.39. The number of nitro groups is 1. The number of benzene rings is 3. The minimum absolute atomic E-state index is 0.153. The third kappa shape index (κ3) is 5.96. The summed E-state index contributed by atoms with van der Waals surface area (Å²) in [7, 11) is 1.50. The largest absolute Gasteiger partial charge is 0.493 e. The molecule has 0 unspecified atom stereocenters. The molecule has 0 saturated carbocycles. The molecule has 0 radical (unpaired) electrons. The van der Waals surface area contributed by atoms with Crippen LogP contribution in [0.1, 0.15) is 22.2 Å². The minimum Gasteiger partial charge on any atom is -0.493 e. The van der Waals surface area contributed by atoms with Gasteiger partial charge in [-0.1, -0.05) is 48.2 Å². The summed E-state index contributed by atoms with van der Waals surface area (Å²) in [5.74, 6) is 1.21. The molecule has 0 aliphatic rings. The topological polar surface area (TPSA) is 92.3 Å². The summed E-state index contributed by atoms with van der Waals surface area (Å²) < 4.78 is 26.6. The molecule has 0 amide bonds. The van der Waals surface area contributed by atoms with Gasteiger partial charge in [0.15, 0.2) is 16.7 Å². The number of halogens is 1. The molecule has 0 N–H and O–H groups in total. The second kappa shape index (κ2) is 11.0. The normalized spacial score (nSPS) is 11.7. The van der Waals surface area contributed by atoms with E-state index in [0.29, 0.717) is 33.6 Å². The third-order valence-electron chi connectivity index (χ3n) is 5.21. The monoisotopic (exact) mass is 494 g/mol. The Morgan fingerprint density at radius 3 is 2.57 bits per heavy atom. The molecule has 1 heterocycles. The molecule has 0 bridgehead atoms. The Kier molecular flexibility index (Phi) is 7.61. The zero-order chi connectivity index (χ0) is 24.8. The van der Waals surface area contributed by atoms with Crippen LogP contribution in [0.25, 0.3) is 5.69 Å². The van der Waals surface area contributed by atoms with Crippen molar-refractivity contribution in [1.82, 2.24) is 14.8 Å². The molecular formula is C25H23FN4O4S. The number of methoxy groups -OCH3 is 1. The fourth-order valence-electron chi connectivity index (χ4n) is 3.56. The average Bonchev–Trinajstić information content (AvgIpc) is 3.22. The summed E-state index contributed by atoms with van der Waals surface area (Å²) >= 11 is 1.26. The molecule has 4 aromatic rings. The minimum atomic E-state index is -0.553. The lowest BCUT2D eigenvalue weighted by atomic mass is 10.1. The number of hydrogen-bond acceptors (Lipinski definition) is 7. The molecule has 0 spiro atoms. The number of rotatable bonds is 10. The van der Waals surface area contributed by atoms with Crippen LogP contribution in [0.3, 0.4) is 0 Å². The fraction of sp³-hybridized carbons (Fsp3) is 0.200. The van der Waals surface area contributed by atoms with Gasteiger partial charge in [-0.25, -0.2) is 4.39 Å². The fourth-order valence-corrected chi connectivity index (χ4v) is 4.72. The van der Waals surface area contributed by atoms with Gasteiger partial charge in [0, 0.05) is 10.6 Å². The smallest absolute Gasteiger partial charge is 0.220 e. The van der Waals surface area contributed by atoms with Gasteiger partial charge in [0.2, 0.25) is 6.54 Å². The molecule has 180 valence electrons. The molecule has 3 aromatic carbocycles. The van der Waals surface area contributed by atoms with E-state index in [4.69, 9.17) is 9.47 Å². The van der Waals surface area contributed by atoms with E-state index in [-0.39, 0.29) is 23.9 Å². The molecule has 10 heteroatoms. The standard InChI is InChI=1S/C25H23FN4O4S/c1-17-27-28-25(30(17)21-9-4-3-5-10-21)35-24(15-29(31)32)19-11-12-22(23(14-19)33-2)34-16-18-7-6-8-20(26)13-18/h3-14,24H,15-16H2,1-2H3/t24-/m1/s1. The first kappa shape index (κ1) is 24.2. The van der Waals surface area contributed by atoms with Gasteiger partial charge >= 0.3 is 0 Å². The first-order chi connectivity index (χ1) is 16.9. The van der Waals surface area contributed by atoms with Crippen LogP contribution in [0.15, 0.2) is 78.0 Å². The van der Waals surface area contributed by atoms with Crippen LogP contribution < -0.4 is 9.47 Å². The van der Waals surface area contributed by atoms with Crippen LogP contribution in [-0.2, 0) is 6.61 Å². The molecule has 0 saturated heterocycles. The lowest BCUT2D eigenvalue weighted by molar-refractivity contribution is -0.479. The highest BCUT2D eigenvalue weighted by molar-refractivity contribution is 7.99. The SMILES string of the molecule is COc1cc([C@@H](C[N+](=O)[O-])Sc2nnc(C)n2-c2ccccc2)ccc1OCc1cccc(F)c1. The number of aromatic nitrogens is 3. The van der Waals surface area contributed by atoms with Crippen molar-refractivity contribution in [2.24, 2.45) is 0 Å². The van der Waals surface area contributed by atoms with Crippen molar-refractivity contribution in [3.05, 3.63) is 106 Å². The number of aryl methyl sites for hydroxylation is 1. The van der Waals surface area contributed by atoms with Gasteiger partial charge < -0.3 is 9.47 Å². The Bertz CT molecular complexity index is 1320. The zero-order valence-corrected chi connectivity index (χ0v) is 19.9. The molecular weight excluding hydrogens is 471 g/mol. The van der Waals surface area contributed by atoms with Crippen LogP contribution in [0.4, 0.5) is 4.39 Å². The Morgan fingerprint density at radius 1 is 1.06 bits per heavy atom. The lowest BCUT2D eigenvalue weighted by Crippen LogP contribution is -2.11. The molecule has 0 aliphatic heterocycles. The van der Waals surface area contributed by atoms with Gasteiger partial charge in [-0.15, -0.1) is 10.2 Å². The second-order valence-corrected chi connectivity index (χ2v) is 8.82. The van der Waals surface area contributed by atoms with E-state index in [1.54, 1.807) is 30.3 Å². The van der Waals surface area contributed by atoms with E-state index in [1.165, 1.54) is 31.0 Å². The molecule has 1 aromatic heterocycles. The summed E-state index contributed by atoms with van der Waals surface area (Å²) in [6, 6.07) is 20.9. The highest BCUT2D eigenvalue weighted by Gasteiger charge is 2.25. The van der Waals surface area contributed by atoms with Crippen LogP contribution >= 0.6 is 11.8 Å². The van der Waals surface area contributed by atoms with Crippen molar-refractivity contribution in [3.63, 3.8) is 0 Å². The zero-order valence-electron chi connectivity index (χ0n) is 19.1. The van der Waals surface area contributed by atoms with Crippen LogP contribution in [-0.4, -0.2) is 33.3 Å². The molecule has 4 rings (SSSR count). The number of hydrogen-bond donors (Lipinski definition) is 0. The average molecular weight is 495 g/mol. The maximum Gasteiger partial charge on any atom is 0.220 e. The Balaban J connectivity index is 1.60. The Morgan fingerprint density at radius 2 is 1.86 bits per heavy atom. The molecule has 8 nitrogen and oxygen atoms in total. The lowest BCUT2D eigenvalue weighted by Gasteiger charge is -2.17. The summed E-state index contributed by atoms with van der Waals surface area (Å²) in [5.41, 5.74) is 2.23. The van der Waals surface area contributed by atoms with Crippen LogP contribution in [0, 0.1) is 22.9 Å². The van der Waals surface area contributed by atoms with E-state index < -0.39 is 5.25 Å². The molecule has 35 heavy (non-hydrogen) atoms. The van der Waals surface area contributed by atoms with Crippen molar-refractivity contribution < 1.29 is 18.8 Å². The predicted molar refractivity (Wildman–Crippen MR) is 130 cm³/mol. The van der Waals surface area contributed by atoms with Gasteiger partial charge in [0.1, 0.15) is 23.5 Å². The summed E-state index contributed by atoms with van der Waals surface area (Å²) in [4.78, 5) is 11.2. The van der Waals surface area contributed by atoms with Gasteiger partial charge in [-0.05, 0) is 54.4 Å². The van der Waals surface area contributed by atoms with Crippen molar-refractivity contribution in [2.45, 2.75) is 23.9 Å².